The van der Waals surface area contributed by atoms with Gasteiger partial charge < -0.3 is 67.4 Å². The molecule has 0 amide bonds. The Morgan fingerprint density at radius 2 is 1.00 bits per heavy atom. The summed E-state index contributed by atoms with van der Waals surface area (Å²) in [5.41, 5.74) is 6.06. The van der Waals surface area contributed by atoms with E-state index < -0.39 is 0 Å². The van der Waals surface area contributed by atoms with Gasteiger partial charge in [-0.15, -0.1) is 0 Å². The first-order valence-electron chi connectivity index (χ1n) is 7.83. The van der Waals surface area contributed by atoms with E-state index in [4.69, 9.17) is 4.98 Å². The molecule has 0 bridgehead atoms. The van der Waals surface area contributed by atoms with Crippen LogP contribution in [0.15, 0.2) is 85.5 Å². The highest BCUT2D eigenvalue weighted by Crippen LogP contribution is 2.26. The van der Waals surface area contributed by atoms with Crippen molar-refractivity contribution in [2.24, 2.45) is 0 Å². The molecule has 0 radical (unpaired) electrons. The first-order valence-corrected chi connectivity index (χ1v) is 7.83. The van der Waals surface area contributed by atoms with E-state index in [2.05, 4.69) is 39.2 Å². The van der Waals surface area contributed by atoms with Crippen molar-refractivity contribution < 1.29 is 82.3 Å². The van der Waals surface area contributed by atoms with Crippen molar-refractivity contribution in [2.75, 3.05) is 0 Å². The molecule has 0 aromatic carbocycles. The van der Waals surface area contributed by atoms with Gasteiger partial charge in [0.1, 0.15) is 11.4 Å². The number of pyridine rings is 4. The second-order valence-electron chi connectivity index (χ2n) is 5.47. The van der Waals surface area contributed by atoms with E-state index in [9.17, 15) is 0 Å². The van der Waals surface area contributed by atoms with Crippen LogP contribution in [0.5, 0.6) is 0 Å². The number of nitrogens with one attached hydrogen (secondary N) is 3. The van der Waals surface area contributed by atoms with E-state index in [0.717, 1.165) is 33.9 Å². The standard InChI is InChI=1S/C20H14N4.3BrH.3H2O/c1-3-9-22-17(5-1)19-13-16(15-7-11-21-12-8-15)14-20(24-19)18-6-2-4-10-23-18;;;;;;/h1-14H;3*1H;3*1H2. The largest absolute Gasteiger partial charge is 1.00 e. The Morgan fingerprint density at radius 3 is 1.40 bits per heavy atom. The number of rotatable bonds is 3. The Hall–Kier alpha value is -2.08. The van der Waals surface area contributed by atoms with Crippen LogP contribution in [0, 0.1) is 0 Å². The summed E-state index contributed by atoms with van der Waals surface area (Å²) in [4.78, 5) is 14.4. The van der Waals surface area contributed by atoms with Crippen molar-refractivity contribution in [1.82, 2.24) is 4.98 Å². The van der Waals surface area contributed by atoms with E-state index in [0.29, 0.717) is 0 Å². The lowest BCUT2D eigenvalue weighted by molar-refractivity contribution is -0.377. The molecule has 4 aromatic rings. The van der Waals surface area contributed by atoms with Crippen LogP contribution in [0.3, 0.4) is 0 Å². The number of hydrogen-bond acceptors (Lipinski definition) is 1. The molecule has 30 heavy (non-hydrogen) atoms. The lowest BCUT2D eigenvalue weighted by atomic mass is 10.0. The predicted molar refractivity (Wildman–Crippen MR) is 101 cm³/mol. The highest BCUT2D eigenvalue weighted by atomic mass is 79.9. The normalized spacial score (nSPS) is 8.40. The quantitative estimate of drug-likeness (QED) is 0.224. The molecule has 0 fully saturated rings. The first-order chi connectivity index (χ1) is 11.9. The Kier molecular flexibility index (Phi) is 17.1. The highest BCUT2D eigenvalue weighted by Gasteiger charge is 2.15. The van der Waals surface area contributed by atoms with Gasteiger partial charge in [0, 0.05) is 36.4 Å². The maximum absolute atomic E-state index is 4.83. The number of halogens is 3. The van der Waals surface area contributed by atoms with Gasteiger partial charge in [0.15, 0.2) is 24.8 Å². The molecule has 7 nitrogen and oxygen atoms in total. The van der Waals surface area contributed by atoms with Gasteiger partial charge in [0.25, 0.3) is 0 Å². The molecule has 0 aliphatic rings. The van der Waals surface area contributed by atoms with Gasteiger partial charge in [-0.25, -0.2) is 19.9 Å². The molecule has 0 unspecified atom stereocenters. The SMILES string of the molecule is O.O.O.[Br-].[Br-].[Br-].c1ccc(-c2cc(-c3cc[nH+]cc3)cc(-c3cccc[nH+]3)n2)[nH+]c1. The van der Waals surface area contributed by atoms with Gasteiger partial charge >= 0.3 is 0 Å². The minimum atomic E-state index is 0. The molecular weight excluding hydrogens is 584 g/mol. The van der Waals surface area contributed by atoms with E-state index in [1.54, 1.807) is 0 Å². The summed E-state index contributed by atoms with van der Waals surface area (Å²) < 4.78 is 0. The molecule has 4 heterocycles. The smallest absolute Gasteiger partial charge is 0.229 e. The van der Waals surface area contributed by atoms with Gasteiger partial charge in [-0.3, -0.25) is 0 Å². The van der Waals surface area contributed by atoms with Crippen molar-refractivity contribution >= 4 is 0 Å². The summed E-state index contributed by atoms with van der Waals surface area (Å²) in [6, 6.07) is 20.3. The molecule has 0 saturated heterocycles. The van der Waals surface area contributed by atoms with Gasteiger partial charge in [-0.1, -0.05) is 0 Å². The van der Waals surface area contributed by atoms with Crippen LogP contribution in [-0.4, -0.2) is 21.4 Å². The van der Waals surface area contributed by atoms with Crippen molar-refractivity contribution in [1.29, 1.82) is 0 Å². The maximum atomic E-state index is 4.83. The van der Waals surface area contributed by atoms with Crippen molar-refractivity contribution in [3.8, 4) is 33.9 Å². The number of aromatic nitrogens is 4. The van der Waals surface area contributed by atoms with Gasteiger partial charge in [0.05, 0.1) is 0 Å². The monoisotopic (exact) mass is 604 g/mol. The second-order valence-corrected chi connectivity index (χ2v) is 5.47. The maximum Gasteiger partial charge on any atom is 0.229 e. The van der Waals surface area contributed by atoms with Crippen LogP contribution in [-0.2, 0) is 0 Å². The molecule has 162 valence electrons. The third-order valence-corrected chi connectivity index (χ3v) is 3.85. The minimum Gasteiger partial charge on any atom is -1.00 e. The molecule has 0 aliphatic carbocycles. The molecular formula is C20H23Br3N4O3. The molecule has 0 atom stereocenters. The zero-order chi connectivity index (χ0) is 16.2. The molecule has 0 saturated carbocycles. The average Bonchev–Trinajstić information content (AvgIpc) is 2.70. The third kappa shape index (κ3) is 7.63. The summed E-state index contributed by atoms with van der Waals surface area (Å²) >= 11 is 0. The Bertz CT molecular complexity index is 827. The second kappa shape index (κ2) is 15.7. The van der Waals surface area contributed by atoms with Crippen LogP contribution in [0.1, 0.15) is 0 Å². The van der Waals surface area contributed by atoms with E-state index in [-0.39, 0.29) is 67.4 Å². The van der Waals surface area contributed by atoms with Crippen molar-refractivity contribution in [2.45, 2.75) is 0 Å². The summed E-state index contributed by atoms with van der Waals surface area (Å²) in [5.74, 6) is 0. The summed E-state index contributed by atoms with van der Waals surface area (Å²) in [6.45, 7) is 0. The molecule has 10 heteroatoms. The van der Waals surface area contributed by atoms with E-state index >= 15 is 0 Å². The fourth-order valence-electron chi connectivity index (χ4n) is 2.66. The number of hydrogen-bond donors (Lipinski definition) is 0. The average molecular weight is 607 g/mol. The Balaban J connectivity index is -0.00000121. The third-order valence-electron chi connectivity index (χ3n) is 3.85. The molecule has 9 N–H and O–H groups in total. The summed E-state index contributed by atoms with van der Waals surface area (Å²) in [5, 5.41) is 0. The van der Waals surface area contributed by atoms with Crippen molar-refractivity contribution in [3.05, 3.63) is 85.5 Å². The molecule has 4 aromatic heterocycles. The fraction of sp³-hybridized carbons (Fsp3) is 0. The highest BCUT2D eigenvalue weighted by molar-refractivity contribution is 5.73. The zero-order valence-electron chi connectivity index (χ0n) is 15.7. The predicted octanol–water partition coefficient (Wildman–Crippen LogP) is -8.94. The van der Waals surface area contributed by atoms with Crippen molar-refractivity contribution in [3.63, 3.8) is 0 Å². The van der Waals surface area contributed by atoms with Crippen LogP contribution >= 0.6 is 0 Å². The minimum absolute atomic E-state index is 0. The fourth-order valence-corrected chi connectivity index (χ4v) is 2.66. The Labute approximate surface area is 205 Å². The van der Waals surface area contributed by atoms with Crippen LogP contribution < -0.4 is 65.9 Å². The van der Waals surface area contributed by atoms with Gasteiger partial charge in [-0.05, 0) is 35.4 Å². The molecule has 4 rings (SSSR count). The van der Waals surface area contributed by atoms with Crippen LogP contribution in [0.25, 0.3) is 33.9 Å². The van der Waals surface area contributed by atoms with E-state index in [1.165, 1.54) is 0 Å². The zero-order valence-corrected chi connectivity index (χ0v) is 20.4. The van der Waals surface area contributed by atoms with Gasteiger partial charge in [0.2, 0.25) is 11.4 Å². The lowest BCUT2D eigenvalue weighted by Crippen LogP contribution is -3.00. The molecule has 0 spiro atoms. The number of H-pyrrole nitrogens is 3. The summed E-state index contributed by atoms with van der Waals surface area (Å²) in [7, 11) is 0. The van der Waals surface area contributed by atoms with Gasteiger partial charge in [-0.2, -0.15) is 0 Å². The number of nitrogens with zero attached hydrogens (tertiary/aromatic N) is 1. The van der Waals surface area contributed by atoms with E-state index in [1.807, 2.05) is 61.2 Å². The molecule has 0 aliphatic heterocycles. The first kappa shape index (κ1) is 32.6. The number of aromatic amines is 3. The summed E-state index contributed by atoms with van der Waals surface area (Å²) in [6.07, 6.45) is 7.68. The topological polar surface area (TPSA) is 150 Å². The Morgan fingerprint density at radius 1 is 0.533 bits per heavy atom. The van der Waals surface area contributed by atoms with Crippen LogP contribution in [0.2, 0.25) is 0 Å². The lowest BCUT2D eigenvalue weighted by Gasteiger charge is -2.05. The van der Waals surface area contributed by atoms with Crippen LogP contribution in [0.4, 0.5) is 0 Å².